The van der Waals surface area contributed by atoms with Crippen LogP contribution in [-0.4, -0.2) is 11.6 Å². The monoisotopic (exact) mass is 528 g/mol. The average Bonchev–Trinajstić information content (AvgIpc) is 3.21. The van der Waals surface area contributed by atoms with E-state index >= 15 is 0 Å². The molecule has 0 saturated carbocycles. The zero-order valence-corrected chi connectivity index (χ0v) is 19.4. The van der Waals surface area contributed by atoms with Crippen molar-refractivity contribution in [1.82, 2.24) is 0 Å². The molecule has 0 aliphatic heterocycles. The van der Waals surface area contributed by atoms with E-state index in [0.29, 0.717) is 17.6 Å². The molecule has 0 N–H and O–H groups in total. The van der Waals surface area contributed by atoms with Crippen molar-refractivity contribution in [3.05, 3.63) is 108 Å². The van der Waals surface area contributed by atoms with Crippen LogP contribution in [0.25, 0.3) is 28.4 Å². The summed E-state index contributed by atoms with van der Waals surface area (Å²) < 4.78 is 1.84. The highest BCUT2D eigenvalue weighted by Crippen LogP contribution is 2.51. The first-order valence-electron chi connectivity index (χ1n) is 9.96. The smallest absolute Gasteiger partial charge is 0.195 e. The Hall–Kier alpha value is -2.82. The van der Waals surface area contributed by atoms with Gasteiger partial charge in [0.2, 0.25) is 0 Å². The Morgan fingerprint density at radius 1 is 0.677 bits per heavy atom. The number of benzene rings is 3. The van der Waals surface area contributed by atoms with Crippen molar-refractivity contribution in [2.75, 3.05) is 0 Å². The third-order valence-electron chi connectivity index (χ3n) is 6.07. The summed E-state index contributed by atoms with van der Waals surface area (Å²) >= 11 is 7.09. The maximum atomic E-state index is 13.9. The van der Waals surface area contributed by atoms with Crippen molar-refractivity contribution in [3.8, 4) is 0 Å². The molecule has 3 aliphatic carbocycles. The minimum absolute atomic E-state index is 0.00625. The fourth-order valence-electron chi connectivity index (χ4n) is 4.95. The van der Waals surface area contributed by atoms with Gasteiger partial charge in [-0.05, 0) is 68.6 Å². The Balaban J connectivity index is 1.76. The van der Waals surface area contributed by atoms with Crippen LogP contribution < -0.4 is 10.4 Å². The van der Waals surface area contributed by atoms with Gasteiger partial charge in [-0.3, -0.25) is 9.59 Å². The van der Waals surface area contributed by atoms with Crippen LogP contribution in [0.5, 0.6) is 0 Å². The Morgan fingerprint density at radius 3 is 1.94 bits per heavy atom. The predicted octanol–water partition coefficient (Wildman–Crippen LogP) is 5.08. The van der Waals surface area contributed by atoms with E-state index < -0.39 is 0 Å². The lowest BCUT2D eigenvalue weighted by Crippen LogP contribution is -2.32. The van der Waals surface area contributed by atoms with Crippen LogP contribution in [0.2, 0.25) is 0 Å². The molecule has 6 rings (SSSR count). The number of halogens is 2. The van der Waals surface area contributed by atoms with Gasteiger partial charge in [0, 0.05) is 32.1 Å². The van der Waals surface area contributed by atoms with Crippen LogP contribution >= 0.6 is 31.9 Å². The summed E-state index contributed by atoms with van der Waals surface area (Å²) in [5.41, 5.74) is 7.01. The van der Waals surface area contributed by atoms with Gasteiger partial charge in [-0.1, -0.05) is 74.3 Å². The molecule has 3 aromatic carbocycles. The highest BCUT2D eigenvalue weighted by Gasteiger charge is 2.41. The Bertz CT molecular complexity index is 1550. The first kappa shape index (κ1) is 18.9. The molecule has 0 bridgehead atoms. The summed E-state index contributed by atoms with van der Waals surface area (Å²) in [5, 5.41) is 2.03. The Kier molecular flexibility index (Phi) is 4.17. The van der Waals surface area contributed by atoms with Crippen LogP contribution in [0.3, 0.4) is 0 Å². The number of allylic oxidation sites excluding steroid dienone is 4. The van der Waals surface area contributed by atoms with Crippen LogP contribution in [0.4, 0.5) is 0 Å². The van der Waals surface area contributed by atoms with Crippen LogP contribution in [0.15, 0.2) is 81.2 Å². The molecule has 0 saturated heterocycles. The summed E-state index contributed by atoms with van der Waals surface area (Å²) in [6.07, 6.45) is 2.04. The Morgan fingerprint density at radius 2 is 1.29 bits per heavy atom. The van der Waals surface area contributed by atoms with E-state index in [-0.39, 0.29) is 11.6 Å². The van der Waals surface area contributed by atoms with Gasteiger partial charge < -0.3 is 0 Å². The molecular weight excluding hydrogens is 516 g/mol. The quantitative estimate of drug-likeness (QED) is 0.464. The molecule has 0 heterocycles. The van der Waals surface area contributed by atoms with E-state index in [1.165, 1.54) is 0 Å². The SMILES string of the molecule is O=C1C=c2cccc3c2=C(C1)C1=C(c2cccc(Br)c2)C(=O)C(c2cccc(Br)c2)=C13. The molecule has 0 spiro atoms. The minimum Gasteiger partial charge on any atom is -0.294 e. The lowest BCUT2D eigenvalue weighted by atomic mass is 9.91. The molecule has 0 atom stereocenters. The van der Waals surface area contributed by atoms with Crippen molar-refractivity contribution in [2.24, 2.45) is 0 Å². The normalized spacial score (nSPS) is 16.6. The molecule has 31 heavy (non-hydrogen) atoms. The highest BCUT2D eigenvalue weighted by molar-refractivity contribution is 9.10. The number of ketones is 2. The number of hydrogen-bond acceptors (Lipinski definition) is 2. The number of carbonyl (C=O) groups excluding carboxylic acids is 2. The van der Waals surface area contributed by atoms with Gasteiger partial charge in [0.1, 0.15) is 0 Å². The lowest BCUT2D eigenvalue weighted by Gasteiger charge is -2.11. The van der Waals surface area contributed by atoms with Crippen molar-refractivity contribution < 1.29 is 9.59 Å². The second kappa shape index (κ2) is 6.84. The van der Waals surface area contributed by atoms with Crippen LogP contribution in [0, 0.1) is 0 Å². The van der Waals surface area contributed by atoms with Gasteiger partial charge >= 0.3 is 0 Å². The van der Waals surface area contributed by atoms with Gasteiger partial charge in [0.05, 0.1) is 0 Å². The number of Topliss-reactive ketones (excluding diaryl/α,β-unsaturated/α-hetero) is 2. The maximum Gasteiger partial charge on any atom is 0.195 e. The molecule has 0 fully saturated rings. The fourth-order valence-corrected chi connectivity index (χ4v) is 5.75. The summed E-state index contributed by atoms with van der Waals surface area (Å²) in [6.45, 7) is 0. The second-order valence-corrected chi connectivity index (χ2v) is 9.72. The lowest BCUT2D eigenvalue weighted by molar-refractivity contribution is -0.112. The third-order valence-corrected chi connectivity index (χ3v) is 7.05. The molecular formula is C27H14Br2O2. The van der Waals surface area contributed by atoms with Crippen molar-refractivity contribution in [2.45, 2.75) is 6.42 Å². The zero-order chi connectivity index (χ0) is 21.3. The van der Waals surface area contributed by atoms with Crippen LogP contribution in [0.1, 0.15) is 23.1 Å². The number of hydrogen-bond donors (Lipinski definition) is 0. The van der Waals surface area contributed by atoms with E-state index in [9.17, 15) is 9.59 Å². The minimum atomic E-state index is 0.00625. The first-order chi connectivity index (χ1) is 15.0. The fraction of sp³-hybridized carbons (Fsp3) is 0.0370. The average molecular weight is 530 g/mol. The van der Waals surface area contributed by atoms with Gasteiger partial charge in [0.15, 0.2) is 11.6 Å². The molecule has 2 nitrogen and oxygen atoms in total. The maximum absolute atomic E-state index is 13.9. The molecule has 0 amide bonds. The summed E-state index contributed by atoms with van der Waals surface area (Å²) in [5.74, 6) is 0.0806. The molecule has 3 aromatic rings. The Labute approximate surface area is 195 Å². The molecule has 0 aromatic heterocycles. The van der Waals surface area contributed by atoms with E-state index in [1.807, 2.05) is 60.7 Å². The molecule has 4 heteroatoms. The first-order valence-corrected chi connectivity index (χ1v) is 11.5. The van der Waals surface area contributed by atoms with Crippen molar-refractivity contribution in [3.63, 3.8) is 0 Å². The van der Waals surface area contributed by atoms with Gasteiger partial charge in [-0.2, -0.15) is 0 Å². The number of rotatable bonds is 2. The molecule has 0 radical (unpaired) electrons. The molecule has 0 unspecified atom stereocenters. The van der Waals surface area contributed by atoms with Crippen molar-refractivity contribution in [1.29, 1.82) is 0 Å². The number of carbonyl (C=O) groups is 2. The molecule has 3 aliphatic rings. The van der Waals surface area contributed by atoms with E-state index in [1.54, 1.807) is 6.08 Å². The standard InChI is InChI=1S/C27H14Br2O2/c28-17-7-1-4-14(10-17)23-25-20-9-3-6-16-12-19(30)13-21(22(16)20)26(25)24(27(23)31)15-5-2-8-18(29)11-15/h1-12H,13H2. The second-order valence-electron chi connectivity index (χ2n) is 7.89. The van der Waals surface area contributed by atoms with Gasteiger partial charge in [0.25, 0.3) is 0 Å². The number of fused-ring (bicyclic) bond motifs is 3. The highest BCUT2D eigenvalue weighted by atomic mass is 79.9. The zero-order valence-electron chi connectivity index (χ0n) is 16.2. The summed E-state index contributed by atoms with van der Waals surface area (Å²) in [7, 11) is 0. The van der Waals surface area contributed by atoms with Gasteiger partial charge in [-0.25, -0.2) is 0 Å². The largest absolute Gasteiger partial charge is 0.294 e. The van der Waals surface area contributed by atoms with E-state index in [2.05, 4.69) is 37.9 Å². The van der Waals surface area contributed by atoms with Crippen LogP contribution in [-0.2, 0) is 9.59 Å². The molecule has 148 valence electrons. The third kappa shape index (κ3) is 2.75. The van der Waals surface area contributed by atoms with E-state index in [0.717, 1.165) is 52.8 Å². The van der Waals surface area contributed by atoms with E-state index in [4.69, 9.17) is 0 Å². The van der Waals surface area contributed by atoms with Gasteiger partial charge in [-0.15, -0.1) is 0 Å². The topological polar surface area (TPSA) is 34.1 Å². The summed E-state index contributed by atoms with van der Waals surface area (Å²) in [4.78, 5) is 26.5. The summed E-state index contributed by atoms with van der Waals surface area (Å²) in [6, 6.07) is 21.7. The van der Waals surface area contributed by atoms with Crippen molar-refractivity contribution >= 4 is 71.8 Å². The predicted molar refractivity (Wildman–Crippen MR) is 130 cm³/mol.